The molecule has 4 aliphatic carbocycles. The van der Waals surface area contributed by atoms with E-state index in [1.165, 1.54) is 0 Å². The average Bonchev–Trinajstić information content (AvgIpc) is 4.07. The van der Waals surface area contributed by atoms with Crippen LogP contribution in [0.5, 0.6) is 0 Å². The average molecular weight is 953 g/mol. The highest BCUT2D eigenvalue weighted by molar-refractivity contribution is 5.15. The number of rotatable bonds is 19. The van der Waals surface area contributed by atoms with E-state index >= 15 is 0 Å². The molecule has 2 aromatic heterocycles. The molecule has 6 aliphatic rings. The highest BCUT2D eigenvalue weighted by Gasteiger charge is 2.66. The molecule has 2 aromatic rings. The third-order valence-electron chi connectivity index (χ3n) is 17.2. The summed E-state index contributed by atoms with van der Waals surface area (Å²) >= 11 is 0. The quantitative estimate of drug-likeness (QED) is 0.0870. The zero-order valence-corrected chi connectivity index (χ0v) is 39.3. The Morgan fingerprint density at radius 2 is 1.27 bits per heavy atom. The molecule has 21 nitrogen and oxygen atoms in total. The molecular weight excluding hydrogens is 877 g/mol. The first-order valence-electron chi connectivity index (χ1n) is 24.6. The van der Waals surface area contributed by atoms with Crippen molar-refractivity contribution in [3.05, 3.63) is 23.8 Å². The third-order valence-corrected chi connectivity index (χ3v) is 17.2. The Morgan fingerprint density at radius 1 is 0.701 bits per heavy atom. The summed E-state index contributed by atoms with van der Waals surface area (Å²) in [4.78, 5) is 0. The molecule has 4 heterocycles. The zero-order valence-electron chi connectivity index (χ0n) is 39.3. The van der Waals surface area contributed by atoms with Crippen LogP contribution in [0.1, 0.15) is 96.9 Å². The highest BCUT2D eigenvalue weighted by Crippen LogP contribution is 2.69. The molecule has 0 spiro atoms. The fourth-order valence-electron chi connectivity index (χ4n) is 13.5. The van der Waals surface area contributed by atoms with E-state index < -0.39 is 74.6 Å². The van der Waals surface area contributed by atoms with Gasteiger partial charge in [0.2, 0.25) is 0 Å². The minimum absolute atomic E-state index is 0.00934. The van der Waals surface area contributed by atoms with Gasteiger partial charge in [-0.1, -0.05) is 51.0 Å². The molecule has 9 N–H and O–H groups in total. The van der Waals surface area contributed by atoms with E-state index in [2.05, 4.69) is 48.3 Å². The van der Waals surface area contributed by atoms with Crippen molar-refractivity contribution in [1.82, 2.24) is 30.0 Å². The first-order chi connectivity index (χ1) is 32.1. The van der Waals surface area contributed by atoms with Crippen LogP contribution in [-0.4, -0.2) is 182 Å². The van der Waals surface area contributed by atoms with Gasteiger partial charge in [0.15, 0.2) is 12.6 Å². The normalized spacial score (nSPS) is 43.7. The van der Waals surface area contributed by atoms with Gasteiger partial charge in [0, 0.05) is 5.41 Å². The summed E-state index contributed by atoms with van der Waals surface area (Å²) in [7, 11) is 0. The standard InChI is InChI=1S/C46H76N6O15/c1-5-6-24(2)29-7-8-30-36-31(17-35(46(29,30)4)63-14-12-52-19-27(48-50-52)23-65-44-42(61)40(59)38(57)34(21-54)67-44)45(3)10-9-28(55)15-25(45)16-32(36)62-13-11-51-18-26(47-49-51)22-64-43-41(60)39(58)37(56)33(20-53)66-43/h18-19,24-25,28-44,53-61H,5-17,20-23H2,1-4H3/t24-,25+,28-,29-,30+,31+,32-,33?,34?,35+,36+,37-,38-,39+,40+,41?,42?,43-,44-,45+,46-/m1/s1. The second-order valence-corrected chi connectivity index (χ2v) is 20.9. The maximum absolute atomic E-state index is 11.0. The minimum atomic E-state index is -1.54. The van der Waals surface area contributed by atoms with E-state index in [1.54, 1.807) is 21.8 Å². The summed E-state index contributed by atoms with van der Waals surface area (Å²) < 4.78 is 39.9. The lowest BCUT2D eigenvalue weighted by Gasteiger charge is -2.64. The van der Waals surface area contributed by atoms with Gasteiger partial charge in [0.05, 0.1) is 83.4 Å². The van der Waals surface area contributed by atoms with Gasteiger partial charge in [0.1, 0.15) is 60.2 Å². The Balaban J connectivity index is 0.934. The largest absolute Gasteiger partial charge is 0.394 e. The molecule has 380 valence electrons. The summed E-state index contributed by atoms with van der Waals surface area (Å²) in [6, 6.07) is 0. The predicted octanol–water partition coefficient (Wildman–Crippen LogP) is -0.351. The number of aromatic nitrogens is 6. The fourth-order valence-corrected chi connectivity index (χ4v) is 13.5. The van der Waals surface area contributed by atoms with Crippen molar-refractivity contribution in [2.24, 2.45) is 46.3 Å². The van der Waals surface area contributed by atoms with Gasteiger partial charge in [-0.2, -0.15) is 0 Å². The van der Waals surface area contributed by atoms with E-state index in [1.807, 2.05) is 0 Å². The summed E-state index contributed by atoms with van der Waals surface area (Å²) in [6.45, 7) is 10.1. The maximum Gasteiger partial charge on any atom is 0.187 e. The first kappa shape index (κ1) is 51.0. The van der Waals surface area contributed by atoms with Gasteiger partial charge >= 0.3 is 0 Å². The van der Waals surface area contributed by atoms with Gasteiger partial charge in [0.25, 0.3) is 0 Å². The first-order valence-corrected chi connectivity index (χ1v) is 24.6. The van der Waals surface area contributed by atoms with E-state index in [0.29, 0.717) is 73.2 Å². The van der Waals surface area contributed by atoms with Gasteiger partial charge in [-0.05, 0) is 85.9 Å². The van der Waals surface area contributed by atoms with Crippen LogP contribution in [0.25, 0.3) is 0 Å². The van der Waals surface area contributed by atoms with Crippen LogP contribution in [0.4, 0.5) is 0 Å². The van der Waals surface area contributed by atoms with Crippen molar-refractivity contribution in [2.75, 3.05) is 26.4 Å². The monoisotopic (exact) mass is 953 g/mol. The molecule has 2 aliphatic heterocycles. The summed E-state index contributed by atoms with van der Waals surface area (Å²) in [5, 5.41) is 108. The molecule has 4 saturated carbocycles. The van der Waals surface area contributed by atoms with Crippen molar-refractivity contribution in [3.8, 4) is 0 Å². The van der Waals surface area contributed by atoms with Crippen LogP contribution in [-0.2, 0) is 54.7 Å². The number of hydrogen-bond donors (Lipinski definition) is 9. The predicted molar refractivity (Wildman–Crippen MR) is 233 cm³/mol. The van der Waals surface area contributed by atoms with E-state index in [-0.39, 0.29) is 42.4 Å². The van der Waals surface area contributed by atoms with E-state index in [4.69, 9.17) is 28.4 Å². The van der Waals surface area contributed by atoms with E-state index in [0.717, 1.165) is 57.8 Å². The molecule has 8 rings (SSSR count). The molecule has 21 heteroatoms. The van der Waals surface area contributed by atoms with Gasteiger partial charge < -0.3 is 74.4 Å². The number of nitrogens with zero attached hydrogens (tertiary/aromatic N) is 6. The number of hydrogen-bond acceptors (Lipinski definition) is 19. The number of aliphatic hydroxyl groups is 9. The van der Waals surface area contributed by atoms with Crippen LogP contribution < -0.4 is 0 Å². The van der Waals surface area contributed by atoms with Crippen molar-refractivity contribution in [3.63, 3.8) is 0 Å². The molecular formula is C46H76N6O15. The van der Waals surface area contributed by atoms with Gasteiger partial charge in [-0.3, -0.25) is 0 Å². The topological polar surface area (TPSA) is 299 Å². The molecule has 21 atom stereocenters. The molecule has 0 aromatic carbocycles. The second kappa shape index (κ2) is 21.6. The molecule has 6 fully saturated rings. The Morgan fingerprint density at radius 3 is 1.82 bits per heavy atom. The lowest BCUT2D eigenvalue weighted by atomic mass is 9.43. The lowest BCUT2D eigenvalue weighted by molar-refractivity contribution is -0.304. The molecule has 2 saturated heterocycles. The Labute approximate surface area is 391 Å². The maximum atomic E-state index is 11.0. The van der Waals surface area contributed by atoms with Crippen LogP contribution in [0.2, 0.25) is 0 Å². The second-order valence-electron chi connectivity index (χ2n) is 20.9. The molecule has 0 bridgehead atoms. The number of ether oxygens (including phenoxy) is 6. The van der Waals surface area contributed by atoms with Gasteiger partial charge in [-0.15, -0.1) is 10.2 Å². The lowest BCUT2D eigenvalue weighted by Crippen LogP contribution is -2.63. The SMILES string of the molecule is CCC[C@@H](C)[C@H]1CC[C@H]2[C@@H]3[C@H](OCCn4cc(CO[C@@H]5OC(CO)[C@@H](O)[C@H](O)C5O)nn4)C[C@@H]4C[C@H](O)CC[C@]4(C)[C@H]3C[C@H](OCCn3cc(CO[C@@H]4OC(CO)[C@@H](O)[C@H](O)C4O)nn3)[C@]12C. The Hall–Kier alpha value is -2.32. The van der Waals surface area contributed by atoms with Crippen LogP contribution >= 0.6 is 0 Å². The van der Waals surface area contributed by atoms with Crippen LogP contribution in [0.3, 0.4) is 0 Å². The Bertz CT molecular complexity index is 1880. The highest BCUT2D eigenvalue weighted by atomic mass is 16.7. The molecule has 0 amide bonds. The smallest absolute Gasteiger partial charge is 0.187 e. The van der Waals surface area contributed by atoms with Crippen LogP contribution in [0.15, 0.2) is 12.4 Å². The third kappa shape index (κ3) is 10.3. The summed E-state index contributed by atoms with van der Waals surface area (Å²) in [5.41, 5.74) is 0.858. The molecule has 4 unspecified atom stereocenters. The van der Waals surface area contributed by atoms with Gasteiger partial charge in [-0.25, -0.2) is 9.36 Å². The van der Waals surface area contributed by atoms with Crippen molar-refractivity contribution >= 4 is 0 Å². The molecule has 0 radical (unpaired) electrons. The Kier molecular flexibility index (Phi) is 16.4. The molecule has 67 heavy (non-hydrogen) atoms. The van der Waals surface area contributed by atoms with E-state index in [9.17, 15) is 46.0 Å². The minimum Gasteiger partial charge on any atom is -0.394 e. The summed E-state index contributed by atoms with van der Waals surface area (Å²) in [6.07, 6.45) is -1.88. The number of fused-ring (bicyclic) bond motifs is 5. The van der Waals surface area contributed by atoms with Crippen LogP contribution in [0, 0.1) is 46.3 Å². The van der Waals surface area contributed by atoms with Crippen molar-refractivity contribution < 1.29 is 74.4 Å². The zero-order chi connectivity index (χ0) is 47.8. The van der Waals surface area contributed by atoms with Crippen molar-refractivity contribution in [1.29, 1.82) is 0 Å². The summed E-state index contributed by atoms with van der Waals surface area (Å²) in [5.74, 6) is 2.28. The fraction of sp³-hybridized carbons (Fsp3) is 0.913. The van der Waals surface area contributed by atoms with Crippen molar-refractivity contribution in [2.45, 2.75) is 192 Å². The number of aliphatic hydroxyl groups excluding tert-OH is 9.